The van der Waals surface area contributed by atoms with Crippen molar-refractivity contribution in [2.24, 2.45) is 0 Å². The van der Waals surface area contributed by atoms with E-state index in [1.165, 1.54) is 18.9 Å². The first kappa shape index (κ1) is 9.61. The average molecular weight is 188 g/mol. The lowest BCUT2D eigenvalue weighted by molar-refractivity contribution is -0.154. The van der Waals surface area contributed by atoms with Gasteiger partial charge in [0.05, 0.1) is 4.91 Å². The molecule has 68 valence electrons. The topological polar surface area (TPSA) is 35.5 Å². The Hall–Kier alpha value is -0.480. The van der Waals surface area contributed by atoms with Gasteiger partial charge in [0, 0.05) is 18.4 Å². The molecule has 0 saturated carbocycles. The normalized spacial score (nSPS) is 22.8. The van der Waals surface area contributed by atoms with Crippen LogP contribution in [0.1, 0.15) is 13.8 Å². The molecule has 0 N–H and O–H groups in total. The van der Waals surface area contributed by atoms with Crippen LogP contribution < -0.4 is 0 Å². The molecule has 1 unspecified atom stereocenters. The molecular weight excluding hydrogens is 176 g/mol. The van der Waals surface area contributed by atoms with Crippen LogP contribution in [0.15, 0.2) is 11.0 Å². The van der Waals surface area contributed by atoms with Gasteiger partial charge in [0.25, 0.3) is 0 Å². The van der Waals surface area contributed by atoms with Gasteiger partial charge in [0.15, 0.2) is 0 Å². The van der Waals surface area contributed by atoms with Crippen LogP contribution >= 0.6 is 11.8 Å². The monoisotopic (exact) mass is 188 g/mol. The number of carbonyl (C=O) groups is 1. The smallest absolute Gasteiger partial charge is 0.347 e. The minimum Gasteiger partial charge on any atom is -0.428 e. The Morgan fingerprint density at radius 1 is 1.67 bits per heavy atom. The van der Waals surface area contributed by atoms with E-state index < -0.39 is 6.29 Å². The van der Waals surface area contributed by atoms with E-state index in [9.17, 15) is 4.79 Å². The summed E-state index contributed by atoms with van der Waals surface area (Å²) in [7, 11) is 1.51. The molecule has 0 aromatic rings. The molecule has 1 aliphatic heterocycles. The van der Waals surface area contributed by atoms with Gasteiger partial charge in [-0.25, -0.2) is 4.79 Å². The molecule has 12 heavy (non-hydrogen) atoms. The Balaban J connectivity index is 2.57. The van der Waals surface area contributed by atoms with Crippen molar-refractivity contribution >= 4 is 17.7 Å². The molecule has 0 aromatic carbocycles. The Bertz CT molecular complexity index is 210. The lowest BCUT2D eigenvalue weighted by Gasteiger charge is -2.03. The Labute approximate surface area is 76.1 Å². The van der Waals surface area contributed by atoms with Crippen molar-refractivity contribution < 1.29 is 14.3 Å². The number of thioether (sulfide) groups is 1. The quantitative estimate of drug-likeness (QED) is 0.629. The molecular formula is C8H12O3S. The first-order valence-electron chi connectivity index (χ1n) is 3.75. The molecule has 1 rings (SSSR count). The van der Waals surface area contributed by atoms with E-state index in [4.69, 9.17) is 9.47 Å². The molecule has 0 bridgehead atoms. The van der Waals surface area contributed by atoms with Crippen LogP contribution in [0.25, 0.3) is 0 Å². The largest absolute Gasteiger partial charge is 0.428 e. The number of rotatable bonds is 3. The molecule has 3 nitrogen and oxygen atoms in total. The van der Waals surface area contributed by atoms with Gasteiger partial charge >= 0.3 is 5.97 Å². The number of hydrogen-bond donors (Lipinski definition) is 0. The molecule has 0 aromatic heterocycles. The third kappa shape index (κ3) is 2.25. The van der Waals surface area contributed by atoms with E-state index in [0.29, 0.717) is 10.2 Å². The first-order chi connectivity index (χ1) is 5.63. The lowest BCUT2D eigenvalue weighted by atomic mass is 10.5. The highest BCUT2D eigenvalue weighted by Gasteiger charge is 2.25. The second-order valence-corrected chi connectivity index (χ2v) is 4.33. The zero-order valence-electron chi connectivity index (χ0n) is 7.37. The summed E-state index contributed by atoms with van der Waals surface area (Å²) in [5, 5.41) is 0.388. The van der Waals surface area contributed by atoms with Crippen LogP contribution in [0, 0.1) is 0 Å². The molecule has 0 aliphatic carbocycles. The van der Waals surface area contributed by atoms with E-state index in [1.54, 1.807) is 6.08 Å². The summed E-state index contributed by atoms with van der Waals surface area (Å²) in [5.74, 6) is -0.277. The standard InChI is InChI=1S/C8H12O3S/c1-5(2)12-6-4-7(10-3)11-8(6)9/h4-5,7H,1-3H3. The summed E-state index contributed by atoms with van der Waals surface area (Å²) in [6.07, 6.45) is 1.21. The van der Waals surface area contributed by atoms with Crippen molar-refractivity contribution in [3.63, 3.8) is 0 Å². The van der Waals surface area contributed by atoms with Crippen molar-refractivity contribution in [1.82, 2.24) is 0 Å². The van der Waals surface area contributed by atoms with Gasteiger partial charge in [-0.2, -0.15) is 0 Å². The molecule has 0 radical (unpaired) electrons. The van der Waals surface area contributed by atoms with Crippen LogP contribution in [0.2, 0.25) is 0 Å². The molecule has 4 heteroatoms. The molecule has 0 saturated heterocycles. The van der Waals surface area contributed by atoms with Gasteiger partial charge in [-0.15, -0.1) is 11.8 Å². The number of methoxy groups -OCH3 is 1. The summed E-state index contributed by atoms with van der Waals surface area (Å²) in [6, 6.07) is 0. The molecule has 0 amide bonds. The summed E-state index contributed by atoms with van der Waals surface area (Å²) in [5.41, 5.74) is 0. The van der Waals surface area contributed by atoms with Gasteiger partial charge in [0.1, 0.15) is 0 Å². The van der Waals surface area contributed by atoms with Crippen molar-refractivity contribution in [3.8, 4) is 0 Å². The number of hydrogen-bond acceptors (Lipinski definition) is 4. The maximum Gasteiger partial charge on any atom is 0.347 e. The predicted octanol–water partition coefficient (Wildman–Crippen LogP) is 1.54. The summed E-state index contributed by atoms with van der Waals surface area (Å²) >= 11 is 1.50. The second-order valence-electron chi connectivity index (χ2n) is 2.71. The summed E-state index contributed by atoms with van der Waals surface area (Å²) in [6.45, 7) is 4.05. The third-order valence-corrected chi connectivity index (χ3v) is 2.33. The van der Waals surface area contributed by atoms with Crippen molar-refractivity contribution in [2.45, 2.75) is 25.4 Å². The Kier molecular flexibility index (Phi) is 3.17. The van der Waals surface area contributed by atoms with Gasteiger partial charge < -0.3 is 9.47 Å². The van der Waals surface area contributed by atoms with Crippen molar-refractivity contribution in [3.05, 3.63) is 11.0 Å². The predicted molar refractivity (Wildman–Crippen MR) is 47.7 cm³/mol. The molecule has 0 fully saturated rings. The zero-order valence-corrected chi connectivity index (χ0v) is 8.18. The van der Waals surface area contributed by atoms with Gasteiger partial charge in [-0.1, -0.05) is 13.8 Å². The fourth-order valence-corrected chi connectivity index (χ4v) is 1.69. The third-order valence-electron chi connectivity index (χ3n) is 1.31. The fraction of sp³-hybridized carbons (Fsp3) is 0.625. The zero-order chi connectivity index (χ0) is 9.14. The van der Waals surface area contributed by atoms with Crippen LogP contribution in [0.4, 0.5) is 0 Å². The maximum atomic E-state index is 11.1. The summed E-state index contributed by atoms with van der Waals surface area (Å²) < 4.78 is 9.71. The molecule has 1 heterocycles. The van der Waals surface area contributed by atoms with Gasteiger partial charge in [0.2, 0.25) is 6.29 Å². The van der Waals surface area contributed by atoms with E-state index >= 15 is 0 Å². The lowest BCUT2D eigenvalue weighted by Crippen LogP contribution is -2.09. The number of cyclic esters (lactones) is 1. The van der Waals surface area contributed by atoms with Crippen LogP contribution in [-0.4, -0.2) is 24.6 Å². The SMILES string of the molecule is COC1C=C(SC(C)C)C(=O)O1. The van der Waals surface area contributed by atoms with E-state index in [2.05, 4.69) is 0 Å². The maximum absolute atomic E-state index is 11.1. The number of ether oxygens (including phenoxy) is 2. The number of esters is 1. The minimum atomic E-state index is -0.487. The average Bonchev–Trinajstić information content (AvgIpc) is 2.31. The van der Waals surface area contributed by atoms with Crippen molar-refractivity contribution in [2.75, 3.05) is 7.11 Å². The highest BCUT2D eigenvalue weighted by Crippen LogP contribution is 2.28. The molecule has 1 aliphatic rings. The molecule has 1 atom stereocenters. The van der Waals surface area contributed by atoms with E-state index in [1.807, 2.05) is 13.8 Å². The first-order valence-corrected chi connectivity index (χ1v) is 4.63. The van der Waals surface area contributed by atoms with Crippen LogP contribution in [0.3, 0.4) is 0 Å². The van der Waals surface area contributed by atoms with E-state index in [0.717, 1.165) is 0 Å². The molecule has 0 spiro atoms. The number of carbonyl (C=O) groups excluding carboxylic acids is 1. The van der Waals surface area contributed by atoms with Gasteiger partial charge in [-0.3, -0.25) is 0 Å². The highest BCUT2D eigenvalue weighted by atomic mass is 32.2. The van der Waals surface area contributed by atoms with Crippen LogP contribution in [0.5, 0.6) is 0 Å². The highest BCUT2D eigenvalue weighted by molar-refractivity contribution is 8.04. The fourth-order valence-electron chi connectivity index (χ4n) is 0.847. The van der Waals surface area contributed by atoms with Gasteiger partial charge in [-0.05, 0) is 0 Å². The summed E-state index contributed by atoms with van der Waals surface area (Å²) in [4.78, 5) is 11.7. The Morgan fingerprint density at radius 2 is 2.33 bits per heavy atom. The van der Waals surface area contributed by atoms with Crippen LogP contribution in [-0.2, 0) is 14.3 Å². The second kappa shape index (κ2) is 3.96. The van der Waals surface area contributed by atoms with Crippen molar-refractivity contribution in [1.29, 1.82) is 0 Å². The Morgan fingerprint density at radius 3 is 2.75 bits per heavy atom. The minimum absolute atomic E-state index is 0.277. The van der Waals surface area contributed by atoms with E-state index in [-0.39, 0.29) is 5.97 Å².